The summed E-state index contributed by atoms with van der Waals surface area (Å²) >= 11 is 0. The average Bonchev–Trinajstić information content (AvgIpc) is 2.38. The van der Waals surface area contributed by atoms with Gasteiger partial charge in [-0.3, -0.25) is 9.78 Å². The molecule has 1 heterocycles. The summed E-state index contributed by atoms with van der Waals surface area (Å²) in [5.41, 5.74) is 0.0105. The van der Waals surface area contributed by atoms with E-state index in [0.717, 1.165) is 12.3 Å². The van der Waals surface area contributed by atoms with Crippen molar-refractivity contribution in [2.75, 3.05) is 12.4 Å². The number of amides is 1. The normalized spacial score (nSPS) is 10.1. The molecule has 0 fully saturated rings. The van der Waals surface area contributed by atoms with Crippen molar-refractivity contribution in [1.29, 1.82) is 0 Å². The zero-order chi connectivity index (χ0) is 13.8. The lowest BCUT2D eigenvalue weighted by atomic mass is 10.2. The van der Waals surface area contributed by atoms with E-state index >= 15 is 0 Å². The number of aromatic nitrogens is 1. The van der Waals surface area contributed by atoms with Crippen molar-refractivity contribution < 1.29 is 18.3 Å². The molecule has 0 saturated heterocycles. The number of carbonyl (C=O) groups is 1. The van der Waals surface area contributed by atoms with Gasteiger partial charge < -0.3 is 10.1 Å². The third kappa shape index (κ3) is 3.04. The third-order valence-corrected chi connectivity index (χ3v) is 2.38. The first-order valence-corrected chi connectivity index (χ1v) is 5.35. The van der Waals surface area contributed by atoms with E-state index in [1.165, 1.54) is 31.5 Å². The smallest absolute Gasteiger partial charge is 0.258 e. The summed E-state index contributed by atoms with van der Waals surface area (Å²) in [5, 5.41) is 2.39. The Bertz CT molecular complexity index is 617. The van der Waals surface area contributed by atoms with Crippen LogP contribution < -0.4 is 10.1 Å². The lowest BCUT2D eigenvalue weighted by Crippen LogP contribution is -2.14. The minimum Gasteiger partial charge on any atom is -0.497 e. The van der Waals surface area contributed by atoms with Gasteiger partial charge in [-0.15, -0.1) is 0 Å². The van der Waals surface area contributed by atoms with E-state index < -0.39 is 17.5 Å². The molecule has 98 valence electrons. The first-order chi connectivity index (χ1) is 9.10. The summed E-state index contributed by atoms with van der Waals surface area (Å²) in [6, 6.07) is 4.95. The number of nitrogens with zero attached hydrogens (tertiary/aromatic N) is 1. The maximum Gasteiger partial charge on any atom is 0.258 e. The molecule has 0 atom stereocenters. The molecule has 0 saturated carbocycles. The number of nitrogens with one attached hydrogen (secondary N) is 1. The molecule has 1 aromatic carbocycles. The zero-order valence-electron chi connectivity index (χ0n) is 9.98. The lowest BCUT2D eigenvalue weighted by molar-refractivity contribution is 0.102. The van der Waals surface area contributed by atoms with Crippen molar-refractivity contribution in [2.24, 2.45) is 0 Å². The van der Waals surface area contributed by atoms with Gasteiger partial charge in [0, 0.05) is 24.0 Å². The summed E-state index contributed by atoms with van der Waals surface area (Å²) < 4.78 is 31.4. The van der Waals surface area contributed by atoms with Crippen molar-refractivity contribution in [3.8, 4) is 5.75 Å². The number of pyridine rings is 1. The van der Waals surface area contributed by atoms with Crippen molar-refractivity contribution >= 4 is 11.6 Å². The highest BCUT2D eigenvalue weighted by atomic mass is 19.1. The highest BCUT2D eigenvalue weighted by Crippen LogP contribution is 2.20. The van der Waals surface area contributed by atoms with E-state index in [1.54, 1.807) is 0 Å². The second-order valence-electron chi connectivity index (χ2n) is 3.69. The van der Waals surface area contributed by atoms with Gasteiger partial charge in [-0.25, -0.2) is 8.78 Å². The lowest BCUT2D eigenvalue weighted by Gasteiger charge is -2.08. The van der Waals surface area contributed by atoms with Crippen LogP contribution in [0, 0.1) is 11.6 Å². The predicted octanol–water partition coefficient (Wildman–Crippen LogP) is 2.62. The molecule has 4 nitrogen and oxygen atoms in total. The van der Waals surface area contributed by atoms with E-state index in [9.17, 15) is 13.6 Å². The maximum atomic E-state index is 13.3. The van der Waals surface area contributed by atoms with Crippen LogP contribution in [-0.2, 0) is 0 Å². The molecular weight excluding hydrogens is 254 g/mol. The van der Waals surface area contributed by atoms with Gasteiger partial charge in [0.25, 0.3) is 5.91 Å². The molecule has 1 aromatic heterocycles. The molecule has 1 N–H and O–H groups in total. The topological polar surface area (TPSA) is 51.2 Å². The molecular formula is C13H10F2N2O2. The molecule has 1 amide bonds. The SMILES string of the molecule is COc1cc(F)cc(NC(=O)c2ccncc2F)c1. The van der Waals surface area contributed by atoms with Crippen LogP contribution in [0.1, 0.15) is 10.4 Å². The van der Waals surface area contributed by atoms with Gasteiger partial charge in [-0.05, 0) is 12.1 Å². The number of ether oxygens (including phenoxy) is 1. The minimum absolute atomic E-state index is 0.168. The summed E-state index contributed by atoms with van der Waals surface area (Å²) in [6.07, 6.45) is 2.23. The fraction of sp³-hybridized carbons (Fsp3) is 0.0769. The van der Waals surface area contributed by atoms with Crippen molar-refractivity contribution in [3.05, 3.63) is 53.9 Å². The number of anilines is 1. The highest BCUT2D eigenvalue weighted by Gasteiger charge is 2.12. The fourth-order valence-electron chi connectivity index (χ4n) is 1.51. The Hall–Kier alpha value is -2.50. The Balaban J connectivity index is 2.24. The maximum absolute atomic E-state index is 13.3. The summed E-state index contributed by atoms with van der Waals surface area (Å²) in [4.78, 5) is 15.3. The van der Waals surface area contributed by atoms with Crippen LogP contribution in [-0.4, -0.2) is 18.0 Å². The van der Waals surface area contributed by atoms with Crippen LogP contribution in [0.4, 0.5) is 14.5 Å². The van der Waals surface area contributed by atoms with E-state index in [2.05, 4.69) is 10.3 Å². The summed E-state index contributed by atoms with van der Waals surface area (Å²) in [5.74, 6) is -1.74. The Kier molecular flexibility index (Phi) is 3.70. The van der Waals surface area contributed by atoms with Gasteiger partial charge in [0.05, 0.1) is 18.9 Å². The Morgan fingerprint density at radius 1 is 1.32 bits per heavy atom. The van der Waals surface area contributed by atoms with Crippen LogP contribution in [0.25, 0.3) is 0 Å². The first kappa shape index (κ1) is 12.9. The fourth-order valence-corrected chi connectivity index (χ4v) is 1.51. The molecule has 19 heavy (non-hydrogen) atoms. The predicted molar refractivity (Wildman–Crippen MR) is 65.1 cm³/mol. The van der Waals surface area contributed by atoms with Crippen molar-refractivity contribution in [3.63, 3.8) is 0 Å². The Morgan fingerprint density at radius 3 is 2.79 bits per heavy atom. The zero-order valence-corrected chi connectivity index (χ0v) is 9.98. The molecule has 0 spiro atoms. The van der Waals surface area contributed by atoms with Crippen LogP contribution >= 0.6 is 0 Å². The van der Waals surface area contributed by atoms with E-state index in [-0.39, 0.29) is 17.0 Å². The van der Waals surface area contributed by atoms with Crippen LogP contribution in [0.2, 0.25) is 0 Å². The molecule has 6 heteroatoms. The first-order valence-electron chi connectivity index (χ1n) is 5.35. The summed E-state index contributed by atoms with van der Waals surface area (Å²) in [7, 11) is 1.38. The molecule has 0 aliphatic rings. The number of carbonyl (C=O) groups excluding carboxylic acids is 1. The Labute approximate surface area is 108 Å². The molecule has 0 aliphatic carbocycles. The van der Waals surface area contributed by atoms with Crippen LogP contribution in [0.3, 0.4) is 0 Å². The van der Waals surface area contributed by atoms with Crippen molar-refractivity contribution in [1.82, 2.24) is 4.98 Å². The van der Waals surface area contributed by atoms with Gasteiger partial charge in [-0.2, -0.15) is 0 Å². The molecule has 2 rings (SSSR count). The molecule has 0 bridgehead atoms. The van der Waals surface area contributed by atoms with Gasteiger partial charge >= 0.3 is 0 Å². The molecule has 0 aliphatic heterocycles. The number of benzene rings is 1. The minimum atomic E-state index is -0.747. The second kappa shape index (κ2) is 5.43. The van der Waals surface area contributed by atoms with Gasteiger partial charge in [-0.1, -0.05) is 0 Å². The van der Waals surface area contributed by atoms with Gasteiger partial charge in [0.1, 0.15) is 11.6 Å². The molecule has 0 unspecified atom stereocenters. The number of hydrogen-bond acceptors (Lipinski definition) is 3. The number of halogens is 2. The number of rotatable bonds is 3. The van der Waals surface area contributed by atoms with E-state index in [4.69, 9.17) is 4.74 Å². The Morgan fingerprint density at radius 2 is 2.11 bits per heavy atom. The van der Waals surface area contributed by atoms with E-state index in [0.29, 0.717) is 0 Å². The number of hydrogen-bond donors (Lipinski definition) is 1. The monoisotopic (exact) mass is 264 g/mol. The largest absolute Gasteiger partial charge is 0.497 e. The second-order valence-corrected chi connectivity index (χ2v) is 3.69. The van der Waals surface area contributed by atoms with Gasteiger partial charge in [0.2, 0.25) is 0 Å². The average molecular weight is 264 g/mol. The molecule has 2 aromatic rings. The van der Waals surface area contributed by atoms with Crippen molar-refractivity contribution in [2.45, 2.75) is 0 Å². The molecule has 0 radical (unpaired) electrons. The van der Waals surface area contributed by atoms with Crippen LogP contribution in [0.15, 0.2) is 36.7 Å². The number of methoxy groups -OCH3 is 1. The quantitative estimate of drug-likeness (QED) is 0.927. The van der Waals surface area contributed by atoms with Gasteiger partial charge in [0.15, 0.2) is 5.82 Å². The summed E-state index contributed by atoms with van der Waals surface area (Å²) in [6.45, 7) is 0. The standard InChI is InChI=1S/C13H10F2N2O2/c1-19-10-5-8(14)4-9(6-10)17-13(18)11-2-3-16-7-12(11)15/h2-7H,1H3,(H,17,18). The highest BCUT2D eigenvalue weighted by molar-refractivity contribution is 6.04. The third-order valence-electron chi connectivity index (χ3n) is 2.38. The van der Waals surface area contributed by atoms with E-state index in [1.807, 2.05) is 0 Å². The van der Waals surface area contributed by atoms with Crippen LogP contribution in [0.5, 0.6) is 5.75 Å².